The standard InChI is InChI=1S/C16H20N2O4.C7H8O3S/c19-16(15-9-12-3-1-2-4-14(12)17-15)22-10-11-5-7-13(8-6-11)18(20)21;1-6-2-4-7(5-3-6)11(8,9)10/h5-8,12,14-15,17H,1-4,9-10H2;2-5H,1H3,(H,8,9,10)/t12-,14-,15-;/m0./s1. The van der Waals surface area contributed by atoms with Crippen LogP contribution < -0.4 is 5.32 Å². The molecule has 10 heteroatoms. The van der Waals surface area contributed by atoms with E-state index in [1.165, 1.54) is 43.5 Å². The number of nitrogens with zero attached hydrogens (tertiary/aromatic N) is 1. The van der Waals surface area contributed by atoms with E-state index in [-0.39, 0.29) is 29.2 Å². The normalized spacial score (nSPS) is 21.9. The highest BCUT2D eigenvalue weighted by atomic mass is 32.2. The van der Waals surface area contributed by atoms with Crippen molar-refractivity contribution in [1.82, 2.24) is 5.32 Å². The largest absolute Gasteiger partial charge is 0.460 e. The number of nitro groups is 1. The van der Waals surface area contributed by atoms with Crippen LogP contribution in [0.5, 0.6) is 0 Å². The van der Waals surface area contributed by atoms with Crippen LogP contribution in [0.4, 0.5) is 5.69 Å². The van der Waals surface area contributed by atoms with E-state index in [9.17, 15) is 23.3 Å². The molecular formula is C23H28N2O7S. The lowest BCUT2D eigenvalue weighted by Crippen LogP contribution is -2.37. The minimum absolute atomic E-state index is 0.0385. The maximum Gasteiger partial charge on any atom is 0.323 e. The average Bonchev–Trinajstić information content (AvgIpc) is 3.22. The first kappa shape index (κ1) is 24.8. The van der Waals surface area contributed by atoms with Gasteiger partial charge in [-0.05, 0) is 61.9 Å². The summed E-state index contributed by atoms with van der Waals surface area (Å²) in [6.07, 6.45) is 5.70. The van der Waals surface area contributed by atoms with Crippen LogP contribution in [0, 0.1) is 23.0 Å². The monoisotopic (exact) mass is 476 g/mol. The molecule has 9 nitrogen and oxygen atoms in total. The lowest BCUT2D eigenvalue weighted by molar-refractivity contribution is -0.384. The fourth-order valence-electron chi connectivity index (χ4n) is 4.18. The molecule has 1 aliphatic heterocycles. The fourth-order valence-corrected chi connectivity index (χ4v) is 4.66. The Hall–Kier alpha value is -2.82. The van der Waals surface area contributed by atoms with Crippen molar-refractivity contribution >= 4 is 21.8 Å². The summed E-state index contributed by atoms with van der Waals surface area (Å²) in [4.78, 5) is 22.2. The van der Waals surface area contributed by atoms with Crippen LogP contribution in [0.15, 0.2) is 53.4 Å². The number of hydrogen-bond donors (Lipinski definition) is 2. The highest BCUT2D eigenvalue weighted by molar-refractivity contribution is 7.85. The van der Waals surface area contributed by atoms with Gasteiger partial charge in [0.25, 0.3) is 15.8 Å². The van der Waals surface area contributed by atoms with Gasteiger partial charge >= 0.3 is 5.97 Å². The van der Waals surface area contributed by atoms with Gasteiger partial charge in [0.15, 0.2) is 0 Å². The van der Waals surface area contributed by atoms with Crippen LogP contribution in [-0.2, 0) is 26.3 Å². The van der Waals surface area contributed by atoms with Gasteiger partial charge in [0.05, 0.1) is 9.82 Å². The van der Waals surface area contributed by atoms with Crippen molar-refractivity contribution in [3.63, 3.8) is 0 Å². The molecule has 0 amide bonds. The summed E-state index contributed by atoms with van der Waals surface area (Å²) in [6.45, 7) is 2.00. The van der Waals surface area contributed by atoms with Crippen LogP contribution >= 0.6 is 0 Å². The molecule has 0 spiro atoms. The minimum Gasteiger partial charge on any atom is -0.460 e. The molecule has 1 aliphatic carbocycles. The summed E-state index contributed by atoms with van der Waals surface area (Å²) >= 11 is 0. The summed E-state index contributed by atoms with van der Waals surface area (Å²) in [5, 5.41) is 14.0. The molecule has 178 valence electrons. The van der Waals surface area contributed by atoms with Gasteiger partial charge in [-0.1, -0.05) is 30.5 Å². The number of hydrogen-bond acceptors (Lipinski definition) is 7. The Morgan fingerprint density at radius 1 is 1.12 bits per heavy atom. The number of carbonyl (C=O) groups is 1. The molecule has 2 aromatic carbocycles. The Morgan fingerprint density at radius 2 is 1.76 bits per heavy atom. The van der Waals surface area contributed by atoms with E-state index in [4.69, 9.17) is 9.29 Å². The summed E-state index contributed by atoms with van der Waals surface area (Å²) in [6, 6.07) is 12.3. The number of benzene rings is 2. The van der Waals surface area contributed by atoms with Crippen molar-refractivity contribution in [3.05, 3.63) is 69.8 Å². The second-order valence-electron chi connectivity index (χ2n) is 8.43. The van der Waals surface area contributed by atoms with Gasteiger partial charge in [-0.3, -0.25) is 19.5 Å². The molecule has 0 aromatic heterocycles. The number of aryl methyl sites for hydroxylation is 1. The van der Waals surface area contributed by atoms with Gasteiger partial charge in [-0.2, -0.15) is 8.42 Å². The Balaban J connectivity index is 0.000000235. The lowest BCUT2D eigenvalue weighted by atomic mass is 9.85. The molecule has 1 saturated carbocycles. The summed E-state index contributed by atoms with van der Waals surface area (Å²) in [7, 11) is -4.02. The number of rotatable bonds is 5. The molecule has 0 unspecified atom stereocenters. The predicted octanol–water partition coefficient (Wildman–Crippen LogP) is 3.80. The van der Waals surface area contributed by atoms with Crippen molar-refractivity contribution in [2.75, 3.05) is 0 Å². The molecule has 2 aromatic rings. The lowest BCUT2D eigenvalue weighted by Gasteiger charge is -2.24. The number of non-ortho nitro benzene ring substituents is 1. The Bertz CT molecular complexity index is 1050. The van der Waals surface area contributed by atoms with Gasteiger partial charge in [-0.15, -0.1) is 0 Å². The van der Waals surface area contributed by atoms with E-state index in [1.54, 1.807) is 24.3 Å². The maximum absolute atomic E-state index is 12.1. The van der Waals surface area contributed by atoms with Crippen molar-refractivity contribution in [2.24, 2.45) is 5.92 Å². The predicted molar refractivity (Wildman–Crippen MR) is 121 cm³/mol. The molecule has 0 radical (unpaired) electrons. The zero-order valence-corrected chi connectivity index (χ0v) is 19.2. The quantitative estimate of drug-likeness (QED) is 0.288. The first-order chi connectivity index (χ1) is 15.6. The Kier molecular flexibility index (Phi) is 8.17. The van der Waals surface area contributed by atoms with Gasteiger partial charge in [0, 0.05) is 18.2 Å². The van der Waals surface area contributed by atoms with Crippen molar-refractivity contribution in [3.8, 4) is 0 Å². The van der Waals surface area contributed by atoms with E-state index < -0.39 is 15.0 Å². The Morgan fingerprint density at radius 3 is 2.33 bits per heavy atom. The first-order valence-corrected chi connectivity index (χ1v) is 12.3. The molecule has 1 heterocycles. The number of fused-ring (bicyclic) bond motifs is 1. The van der Waals surface area contributed by atoms with Crippen LogP contribution in [0.2, 0.25) is 0 Å². The van der Waals surface area contributed by atoms with Gasteiger partial charge in [-0.25, -0.2) is 0 Å². The molecule has 4 rings (SSSR count). The van der Waals surface area contributed by atoms with Crippen molar-refractivity contribution in [1.29, 1.82) is 0 Å². The summed E-state index contributed by atoms with van der Waals surface area (Å²) < 4.78 is 34.9. The second kappa shape index (κ2) is 10.9. The van der Waals surface area contributed by atoms with E-state index in [0.717, 1.165) is 24.0 Å². The highest BCUT2D eigenvalue weighted by Crippen LogP contribution is 2.33. The Labute approximate surface area is 193 Å². The van der Waals surface area contributed by atoms with Gasteiger partial charge < -0.3 is 10.1 Å². The zero-order valence-electron chi connectivity index (χ0n) is 18.3. The zero-order chi connectivity index (χ0) is 24.0. The fraction of sp³-hybridized carbons (Fsp3) is 0.435. The van der Waals surface area contributed by atoms with Crippen LogP contribution in [0.1, 0.15) is 43.2 Å². The molecule has 33 heavy (non-hydrogen) atoms. The van der Waals surface area contributed by atoms with Gasteiger partial charge in [0.1, 0.15) is 12.6 Å². The molecule has 2 fully saturated rings. The molecule has 2 aliphatic rings. The number of nitrogens with one attached hydrogen (secondary N) is 1. The minimum atomic E-state index is -4.02. The van der Waals surface area contributed by atoms with Crippen molar-refractivity contribution < 1.29 is 27.4 Å². The van der Waals surface area contributed by atoms with Crippen molar-refractivity contribution in [2.45, 2.75) is 62.6 Å². The smallest absolute Gasteiger partial charge is 0.323 e. The number of nitro benzene ring substituents is 1. The van der Waals surface area contributed by atoms with E-state index in [0.29, 0.717) is 12.0 Å². The average molecular weight is 477 g/mol. The van der Waals surface area contributed by atoms with E-state index in [1.807, 2.05) is 6.92 Å². The molecular weight excluding hydrogens is 448 g/mol. The molecule has 2 N–H and O–H groups in total. The van der Waals surface area contributed by atoms with E-state index >= 15 is 0 Å². The third-order valence-corrected chi connectivity index (χ3v) is 6.86. The molecule has 1 saturated heterocycles. The third-order valence-electron chi connectivity index (χ3n) is 5.99. The maximum atomic E-state index is 12.1. The molecule has 3 atom stereocenters. The van der Waals surface area contributed by atoms with Crippen LogP contribution in [-0.4, -0.2) is 35.9 Å². The van der Waals surface area contributed by atoms with Crippen LogP contribution in [0.25, 0.3) is 0 Å². The SMILES string of the molecule is Cc1ccc(S(=O)(=O)O)cc1.O=C(OCc1ccc([N+](=O)[O-])cc1)[C@@H]1C[C@@H]2CCCC[C@@H]2N1. The number of esters is 1. The topological polar surface area (TPSA) is 136 Å². The number of ether oxygens (including phenoxy) is 1. The first-order valence-electron chi connectivity index (χ1n) is 10.8. The second-order valence-corrected chi connectivity index (χ2v) is 9.85. The highest BCUT2D eigenvalue weighted by Gasteiger charge is 2.38. The molecule has 0 bridgehead atoms. The number of carbonyl (C=O) groups excluding carboxylic acids is 1. The third kappa shape index (κ3) is 7.08. The van der Waals surface area contributed by atoms with Gasteiger partial charge in [0.2, 0.25) is 0 Å². The summed E-state index contributed by atoms with van der Waals surface area (Å²) in [5.41, 5.74) is 1.75. The van der Waals surface area contributed by atoms with E-state index in [2.05, 4.69) is 5.32 Å². The van der Waals surface area contributed by atoms with Crippen LogP contribution in [0.3, 0.4) is 0 Å². The summed E-state index contributed by atoms with van der Waals surface area (Å²) in [5.74, 6) is 0.387.